The lowest BCUT2D eigenvalue weighted by Crippen LogP contribution is -2.32. The Balaban J connectivity index is 1.14. The molecule has 1 aliphatic heterocycles. The Bertz CT molecular complexity index is 3140. The molecule has 60 heavy (non-hydrogen) atoms. The van der Waals surface area contributed by atoms with E-state index < -0.39 is 5.41 Å². The monoisotopic (exact) mass is 816 g/mol. The molecule has 8 aromatic carbocycles. The first-order chi connectivity index (χ1) is 29.6. The normalized spacial score (nSPS) is 13.4. The van der Waals surface area contributed by atoms with Crippen molar-refractivity contribution in [3.8, 4) is 56.4 Å². The van der Waals surface area contributed by atoms with Crippen molar-refractivity contribution in [2.75, 3.05) is 26.4 Å². The standard InChI is InChI=1S/C53H36O5S2/c54-21-23-56-45-29-47-43(27-39(45)31-17-19-37-35-11-3-7-15-49(35)59-51(37)25-31)53(41-13-5-1-9-33(41)34-10-2-6-14-42(34)53)44-28-40(46(57-24-22-55)30-48(44)58-47)32-18-20-38-36-12-4-8-16-50(36)60-52(38)26-32/h1-20,25-30,54-55H,21-24H2. The Kier molecular flexibility index (Phi) is 8.15. The van der Waals surface area contributed by atoms with E-state index in [1.807, 2.05) is 12.1 Å². The number of aliphatic hydroxyl groups excluding tert-OH is 2. The van der Waals surface area contributed by atoms with Crippen LogP contribution in [0.15, 0.2) is 158 Å². The van der Waals surface area contributed by atoms with Crippen molar-refractivity contribution in [2.45, 2.75) is 5.41 Å². The number of hydrogen-bond donors (Lipinski definition) is 2. The molecule has 1 aliphatic carbocycles. The molecule has 2 aromatic heterocycles. The highest BCUT2D eigenvalue weighted by molar-refractivity contribution is 7.26. The highest BCUT2D eigenvalue weighted by Gasteiger charge is 2.52. The topological polar surface area (TPSA) is 68.2 Å². The molecule has 290 valence electrons. The molecule has 0 fully saturated rings. The van der Waals surface area contributed by atoms with Gasteiger partial charge in [-0.05, 0) is 69.8 Å². The van der Waals surface area contributed by atoms with E-state index in [0.717, 1.165) is 33.4 Å². The summed E-state index contributed by atoms with van der Waals surface area (Å²) >= 11 is 3.58. The molecule has 0 unspecified atom stereocenters. The maximum atomic E-state index is 10.00. The Morgan fingerprint density at radius 2 is 0.850 bits per heavy atom. The van der Waals surface area contributed by atoms with E-state index in [-0.39, 0.29) is 26.4 Å². The minimum Gasteiger partial charge on any atom is -0.490 e. The zero-order valence-electron chi connectivity index (χ0n) is 32.3. The van der Waals surface area contributed by atoms with Crippen LogP contribution in [0.4, 0.5) is 0 Å². The number of fused-ring (bicyclic) bond motifs is 15. The van der Waals surface area contributed by atoms with Crippen LogP contribution in [-0.4, -0.2) is 36.6 Å². The molecule has 2 N–H and O–H groups in total. The van der Waals surface area contributed by atoms with Gasteiger partial charge in [0.2, 0.25) is 0 Å². The molecule has 3 heterocycles. The van der Waals surface area contributed by atoms with Gasteiger partial charge in [-0.1, -0.05) is 109 Å². The lowest BCUT2D eigenvalue weighted by Gasteiger charge is -2.40. The van der Waals surface area contributed by atoms with E-state index >= 15 is 0 Å². The van der Waals surface area contributed by atoms with Gasteiger partial charge in [0.25, 0.3) is 0 Å². The van der Waals surface area contributed by atoms with Gasteiger partial charge in [0.1, 0.15) is 36.2 Å². The van der Waals surface area contributed by atoms with E-state index in [2.05, 4.69) is 146 Å². The number of rotatable bonds is 8. The lowest BCUT2D eigenvalue weighted by atomic mass is 9.65. The molecule has 5 nitrogen and oxygen atoms in total. The van der Waals surface area contributed by atoms with Crippen molar-refractivity contribution in [3.05, 3.63) is 180 Å². The maximum absolute atomic E-state index is 10.00. The third kappa shape index (κ3) is 5.17. The average molecular weight is 817 g/mol. The summed E-state index contributed by atoms with van der Waals surface area (Å²) in [4.78, 5) is 0. The summed E-state index contributed by atoms with van der Waals surface area (Å²) in [7, 11) is 0. The van der Waals surface area contributed by atoms with E-state index in [0.29, 0.717) is 23.0 Å². The van der Waals surface area contributed by atoms with Crippen LogP contribution in [-0.2, 0) is 5.41 Å². The predicted molar refractivity (Wildman–Crippen MR) is 246 cm³/mol. The molecular formula is C53H36O5S2. The number of ether oxygens (including phenoxy) is 3. The maximum Gasteiger partial charge on any atom is 0.135 e. The van der Waals surface area contributed by atoms with Gasteiger partial charge in [0.15, 0.2) is 0 Å². The quantitative estimate of drug-likeness (QED) is 0.160. The number of thiophene rings is 2. The first-order valence-electron chi connectivity index (χ1n) is 20.2. The van der Waals surface area contributed by atoms with Gasteiger partial charge in [-0.2, -0.15) is 0 Å². The van der Waals surface area contributed by atoms with Gasteiger partial charge >= 0.3 is 0 Å². The number of aliphatic hydroxyl groups is 2. The fourth-order valence-electron chi connectivity index (χ4n) is 9.74. The van der Waals surface area contributed by atoms with Crippen LogP contribution in [0.1, 0.15) is 22.3 Å². The fourth-order valence-corrected chi connectivity index (χ4v) is 12.0. The summed E-state index contributed by atoms with van der Waals surface area (Å²) < 4.78 is 24.7. The van der Waals surface area contributed by atoms with Crippen LogP contribution >= 0.6 is 22.7 Å². The third-order valence-electron chi connectivity index (χ3n) is 12.2. The molecule has 0 radical (unpaired) electrons. The summed E-state index contributed by atoms with van der Waals surface area (Å²) in [6.45, 7) is 0.0255. The zero-order chi connectivity index (χ0) is 40.0. The second kappa shape index (κ2) is 13.8. The van der Waals surface area contributed by atoms with E-state index in [9.17, 15) is 10.2 Å². The van der Waals surface area contributed by atoms with Gasteiger partial charge in [0, 0.05) is 74.7 Å². The van der Waals surface area contributed by atoms with Gasteiger partial charge in [0.05, 0.1) is 18.6 Å². The Morgan fingerprint density at radius 1 is 0.417 bits per heavy atom. The molecule has 12 rings (SSSR count). The smallest absolute Gasteiger partial charge is 0.135 e. The SMILES string of the molecule is OCCOc1cc2c(cc1-c1ccc3c(c1)sc1ccccc13)C1(c3cc(-c4ccc5c(c4)sc4ccccc45)c(OCCO)cc3O2)c2ccccc2-c2ccccc21. The molecule has 0 saturated heterocycles. The van der Waals surface area contributed by atoms with Crippen molar-refractivity contribution in [2.24, 2.45) is 0 Å². The fraction of sp³-hybridized carbons (Fsp3) is 0.0943. The van der Waals surface area contributed by atoms with Crippen LogP contribution in [0.2, 0.25) is 0 Å². The molecule has 2 aliphatic rings. The van der Waals surface area contributed by atoms with Gasteiger partial charge in [-0.15, -0.1) is 22.7 Å². The summed E-state index contributed by atoms with van der Waals surface area (Å²) in [5, 5.41) is 24.9. The average Bonchev–Trinajstić information content (AvgIpc) is 3.95. The molecule has 1 spiro atoms. The van der Waals surface area contributed by atoms with Gasteiger partial charge < -0.3 is 24.4 Å². The predicted octanol–water partition coefficient (Wildman–Crippen LogP) is 13.0. The second-order valence-electron chi connectivity index (χ2n) is 15.4. The van der Waals surface area contributed by atoms with E-state index in [4.69, 9.17) is 14.2 Å². The van der Waals surface area contributed by atoms with Gasteiger partial charge in [-0.25, -0.2) is 0 Å². The summed E-state index contributed by atoms with van der Waals surface area (Å²) in [5.41, 5.74) is 9.81. The van der Waals surface area contributed by atoms with Crippen LogP contribution in [0, 0.1) is 0 Å². The summed E-state index contributed by atoms with van der Waals surface area (Å²) in [6.07, 6.45) is 0. The minimum atomic E-state index is -0.784. The Morgan fingerprint density at radius 3 is 1.33 bits per heavy atom. The van der Waals surface area contributed by atoms with Crippen LogP contribution < -0.4 is 14.2 Å². The van der Waals surface area contributed by atoms with Gasteiger partial charge in [-0.3, -0.25) is 0 Å². The second-order valence-corrected chi connectivity index (χ2v) is 17.6. The van der Waals surface area contributed by atoms with Crippen LogP contribution in [0.5, 0.6) is 23.0 Å². The third-order valence-corrected chi connectivity index (χ3v) is 14.5. The largest absolute Gasteiger partial charge is 0.490 e. The van der Waals surface area contributed by atoms with Crippen LogP contribution in [0.3, 0.4) is 0 Å². The molecule has 0 bridgehead atoms. The lowest BCUT2D eigenvalue weighted by molar-refractivity contribution is 0.201. The summed E-state index contributed by atoms with van der Waals surface area (Å²) in [6, 6.07) is 56.4. The Labute approximate surface area is 353 Å². The molecule has 0 amide bonds. The zero-order valence-corrected chi connectivity index (χ0v) is 33.9. The molecular weight excluding hydrogens is 781 g/mol. The van der Waals surface area contributed by atoms with Crippen molar-refractivity contribution >= 4 is 63.0 Å². The molecule has 0 saturated carbocycles. The Hall–Kier alpha value is -6.48. The van der Waals surface area contributed by atoms with Crippen molar-refractivity contribution in [3.63, 3.8) is 0 Å². The highest BCUT2D eigenvalue weighted by Crippen LogP contribution is 2.64. The van der Waals surface area contributed by atoms with Crippen LogP contribution in [0.25, 0.3) is 73.7 Å². The van der Waals surface area contributed by atoms with Crippen molar-refractivity contribution in [1.29, 1.82) is 0 Å². The number of benzene rings is 8. The number of hydrogen-bond acceptors (Lipinski definition) is 7. The minimum absolute atomic E-state index is 0.123. The highest BCUT2D eigenvalue weighted by atomic mass is 32.1. The van der Waals surface area contributed by atoms with E-state index in [1.165, 1.54) is 62.6 Å². The summed E-state index contributed by atoms with van der Waals surface area (Å²) in [5.74, 6) is 2.60. The first-order valence-corrected chi connectivity index (χ1v) is 21.8. The van der Waals surface area contributed by atoms with Crippen molar-refractivity contribution < 1.29 is 24.4 Å². The molecule has 10 aromatic rings. The van der Waals surface area contributed by atoms with E-state index in [1.54, 1.807) is 22.7 Å². The van der Waals surface area contributed by atoms with Crippen molar-refractivity contribution in [1.82, 2.24) is 0 Å². The molecule has 7 heteroatoms. The first kappa shape index (κ1) is 35.5. The molecule has 0 atom stereocenters.